The monoisotopic (exact) mass is 552 g/mol. The molecule has 188 valence electrons. The zero-order valence-electron chi connectivity index (χ0n) is 20.0. The SMILES string of the molecule is O=C(NC1CCCC1)[C@H](Cc1ccccc1)N(Cc1ccccc1F)C(=O)COc1ccc(Br)cc1. The molecular formula is C29H30BrFN2O3. The Morgan fingerprint density at radius 3 is 2.33 bits per heavy atom. The van der Waals surface area contributed by atoms with Gasteiger partial charge in [0, 0.05) is 29.0 Å². The van der Waals surface area contributed by atoms with Crippen molar-refractivity contribution in [2.75, 3.05) is 6.61 Å². The number of hydrogen-bond donors (Lipinski definition) is 1. The first-order valence-corrected chi connectivity index (χ1v) is 13.0. The summed E-state index contributed by atoms with van der Waals surface area (Å²) >= 11 is 3.38. The van der Waals surface area contributed by atoms with Gasteiger partial charge >= 0.3 is 0 Å². The highest BCUT2D eigenvalue weighted by molar-refractivity contribution is 9.10. The molecule has 1 aliphatic carbocycles. The Labute approximate surface area is 219 Å². The zero-order valence-corrected chi connectivity index (χ0v) is 21.6. The molecule has 4 rings (SSSR count). The maximum absolute atomic E-state index is 14.6. The summed E-state index contributed by atoms with van der Waals surface area (Å²) in [6.07, 6.45) is 4.33. The first kappa shape index (κ1) is 25.9. The minimum atomic E-state index is -0.811. The number of amides is 2. The highest BCUT2D eigenvalue weighted by Gasteiger charge is 2.32. The van der Waals surface area contributed by atoms with Gasteiger partial charge in [-0.25, -0.2) is 4.39 Å². The van der Waals surface area contributed by atoms with Gasteiger partial charge in [0.15, 0.2) is 6.61 Å². The van der Waals surface area contributed by atoms with Gasteiger partial charge in [-0.05, 0) is 48.7 Å². The first-order chi connectivity index (χ1) is 17.5. The molecule has 0 aliphatic heterocycles. The van der Waals surface area contributed by atoms with Crippen molar-refractivity contribution in [1.29, 1.82) is 0 Å². The van der Waals surface area contributed by atoms with Crippen LogP contribution >= 0.6 is 15.9 Å². The van der Waals surface area contributed by atoms with E-state index in [4.69, 9.17) is 4.74 Å². The molecule has 1 N–H and O–H groups in total. The second kappa shape index (κ2) is 12.7. The molecule has 3 aromatic carbocycles. The van der Waals surface area contributed by atoms with Crippen LogP contribution in [0.2, 0.25) is 0 Å². The lowest BCUT2D eigenvalue weighted by Crippen LogP contribution is -2.53. The summed E-state index contributed by atoms with van der Waals surface area (Å²) in [5.74, 6) is -0.492. The molecule has 0 spiro atoms. The second-order valence-electron chi connectivity index (χ2n) is 9.05. The fourth-order valence-corrected chi connectivity index (χ4v) is 4.75. The summed E-state index contributed by atoms with van der Waals surface area (Å²) in [7, 11) is 0. The fourth-order valence-electron chi connectivity index (χ4n) is 4.49. The molecule has 0 unspecified atom stereocenters. The Morgan fingerprint density at radius 2 is 1.64 bits per heavy atom. The Bertz CT molecular complexity index is 1150. The fraction of sp³-hybridized carbons (Fsp3) is 0.310. The van der Waals surface area contributed by atoms with E-state index in [0.717, 1.165) is 35.7 Å². The topological polar surface area (TPSA) is 58.6 Å². The van der Waals surface area contributed by atoms with E-state index in [1.165, 1.54) is 11.0 Å². The number of rotatable bonds is 10. The Hall–Kier alpha value is -3.19. The molecular weight excluding hydrogens is 523 g/mol. The van der Waals surface area contributed by atoms with Crippen molar-refractivity contribution in [2.24, 2.45) is 0 Å². The zero-order chi connectivity index (χ0) is 25.3. The van der Waals surface area contributed by atoms with Crippen molar-refractivity contribution in [3.05, 3.63) is 100 Å². The van der Waals surface area contributed by atoms with Gasteiger partial charge in [-0.3, -0.25) is 9.59 Å². The van der Waals surface area contributed by atoms with Gasteiger partial charge in [-0.15, -0.1) is 0 Å². The second-order valence-corrected chi connectivity index (χ2v) is 9.97. The molecule has 1 atom stereocenters. The molecule has 0 bridgehead atoms. The van der Waals surface area contributed by atoms with Crippen molar-refractivity contribution in [3.8, 4) is 5.75 Å². The van der Waals surface area contributed by atoms with Gasteiger partial charge < -0.3 is 15.0 Å². The van der Waals surface area contributed by atoms with E-state index in [-0.39, 0.29) is 31.0 Å². The number of carbonyl (C=O) groups is 2. The van der Waals surface area contributed by atoms with Crippen LogP contribution in [0.4, 0.5) is 4.39 Å². The number of nitrogens with one attached hydrogen (secondary N) is 1. The smallest absolute Gasteiger partial charge is 0.261 e. The van der Waals surface area contributed by atoms with E-state index >= 15 is 0 Å². The molecule has 5 nitrogen and oxygen atoms in total. The molecule has 1 aliphatic rings. The average molecular weight is 553 g/mol. The summed E-state index contributed by atoms with van der Waals surface area (Å²) in [6, 6.07) is 22.4. The number of benzene rings is 3. The van der Waals surface area contributed by atoms with E-state index in [1.807, 2.05) is 42.5 Å². The summed E-state index contributed by atoms with van der Waals surface area (Å²) < 4.78 is 21.3. The van der Waals surface area contributed by atoms with Gasteiger partial charge in [0.1, 0.15) is 17.6 Å². The van der Waals surface area contributed by atoms with Gasteiger partial charge in [-0.1, -0.05) is 77.3 Å². The predicted octanol–water partition coefficient (Wildman–Crippen LogP) is 5.67. The van der Waals surface area contributed by atoms with E-state index in [1.54, 1.807) is 30.3 Å². The van der Waals surface area contributed by atoms with E-state index < -0.39 is 11.9 Å². The molecule has 1 fully saturated rings. The normalized spacial score (nSPS) is 14.3. The lowest BCUT2D eigenvalue weighted by Gasteiger charge is -2.32. The van der Waals surface area contributed by atoms with Gasteiger partial charge in [-0.2, -0.15) is 0 Å². The number of hydrogen-bond acceptors (Lipinski definition) is 3. The summed E-state index contributed by atoms with van der Waals surface area (Å²) in [6.45, 7) is -0.303. The van der Waals surface area contributed by atoms with Gasteiger partial charge in [0.2, 0.25) is 5.91 Å². The van der Waals surface area contributed by atoms with E-state index in [0.29, 0.717) is 17.7 Å². The van der Waals surface area contributed by atoms with E-state index in [9.17, 15) is 14.0 Å². The highest BCUT2D eigenvalue weighted by atomic mass is 79.9. The molecule has 7 heteroatoms. The first-order valence-electron chi connectivity index (χ1n) is 12.2. The van der Waals surface area contributed by atoms with Crippen LogP contribution < -0.4 is 10.1 Å². The maximum atomic E-state index is 14.6. The van der Waals surface area contributed by atoms with Crippen LogP contribution in [0.5, 0.6) is 5.75 Å². The average Bonchev–Trinajstić information content (AvgIpc) is 3.40. The standard InChI is InChI=1S/C29H30BrFN2O3/c30-23-14-16-25(17-15-23)36-20-28(34)33(19-22-10-4-7-13-26(22)31)27(18-21-8-2-1-3-9-21)29(35)32-24-11-5-6-12-24/h1-4,7-10,13-17,24,27H,5-6,11-12,18-20H2,(H,32,35)/t27-/m0/s1. The molecule has 2 amide bonds. The third kappa shape index (κ3) is 7.17. The number of carbonyl (C=O) groups excluding carboxylic acids is 2. The van der Waals surface area contributed by atoms with Gasteiger partial charge in [0.05, 0.1) is 0 Å². The van der Waals surface area contributed by atoms with E-state index in [2.05, 4.69) is 21.2 Å². The minimum Gasteiger partial charge on any atom is -0.484 e. The van der Waals surface area contributed by atoms with Crippen molar-refractivity contribution in [1.82, 2.24) is 10.2 Å². The summed E-state index contributed by atoms with van der Waals surface area (Å²) in [5.41, 5.74) is 1.27. The molecule has 0 heterocycles. The maximum Gasteiger partial charge on any atom is 0.261 e. The van der Waals surface area contributed by atoms with Crippen LogP contribution in [0.25, 0.3) is 0 Å². The van der Waals surface area contributed by atoms with Crippen LogP contribution in [-0.2, 0) is 22.6 Å². The Morgan fingerprint density at radius 1 is 0.972 bits per heavy atom. The largest absolute Gasteiger partial charge is 0.484 e. The lowest BCUT2D eigenvalue weighted by molar-refractivity contribution is -0.143. The third-order valence-electron chi connectivity index (χ3n) is 6.45. The van der Waals surface area contributed by atoms with Crippen LogP contribution in [-0.4, -0.2) is 35.4 Å². The summed E-state index contributed by atoms with van der Waals surface area (Å²) in [4.78, 5) is 28.6. The molecule has 0 saturated heterocycles. The van der Waals surface area contributed by atoms with Crippen molar-refractivity contribution >= 4 is 27.7 Å². The number of halogens is 2. The van der Waals surface area contributed by atoms with Crippen molar-refractivity contribution in [2.45, 2.75) is 50.7 Å². The molecule has 1 saturated carbocycles. The van der Waals surface area contributed by atoms with Gasteiger partial charge in [0.25, 0.3) is 5.91 Å². The van der Waals surface area contributed by atoms with Crippen LogP contribution in [0.3, 0.4) is 0 Å². The van der Waals surface area contributed by atoms with Crippen LogP contribution in [0.15, 0.2) is 83.3 Å². The van der Waals surface area contributed by atoms with Crippen LogP contribution in [0.1, 0.15) is 36.8 Å². The molecule has 0 radical (unpaired) electrons. The Balaban J connectivity index is 1.61. The van der Waals surface area contributed by atoms with Crippen LogP contribution in [0, 0.1) is 5.82 Å². The molecule has 3 aromatic rings. The molecule has 0 aromatic heterocycles. The molecule has 36 heavy (non-hydrogen) atoms. The quantitative estimate of drug-likeness (QED) is 0.352. The highest BCUT2D eigenvalue weighted by Crippen LogP contribution is 2.21. The van der Waals surface area contributed by atoms with Crippen molar-refractivity contribution < 1.29 is 18.7 Å². The summed E-state index contributed by atoms with van der Waals surface area (Å²) in [5, 5.41) is 3.14. The van der Waals surface area contributed by atoms with Crippen molar-refractivity contribution in [3.63, 3.8) is 0 Å². The third-order valence-corrected chi connectivity index (χ3v) is 6.98. The minimum absolute atomic E-state index is 0.0369. The number of nitrogens with zero attached hydrogens (tertiary/aromatic N) is 1. The Kier molecular flexibility index (Phi) is 9.11. The number of ether oxygens (including phenoxy) is 1. The predicted molar refractivity (Wildman–Crippen MR) is 141 cm³/mol. The lowest BCUT2D eigenvalue weighted by atomic mass is 10.0.